The fourth-order valence-corrected chi connectivity index (χ4v) is 3.50. The zero-order valence-corrected chi connectivity index (χ0v) is 17.4. The average Bonchev–Trinajstić information content (AvgIpc) is 2.48. The molecule has 1 aliphatic rings. The first-order valence-corrected chi connectivity index (χ1v) is 8.61. The van der Waals surface area contributed by atoms with E-state index in [9.17, 15) is 4.79 Å². The number of amides is 1. The average molecular weight is 390 g/mol. The maximum Gasteiger partial charge on any atom is 0.225 e. The predicted molar refractivity (Wildman–Crippen MR) is 110 cm³/mol. The number of rotatable bonds is 5. The fraction of sp³-hybridized carbons (Fsp3) is 0.632. The van der Waals surface area contributed by atoms with Crippen LogP contribution in [0.15, 0.2) is 24.3 Å². The van der Waals surface area contributed by atoms with Crippen LogP contribution >= 0.6 is 24.8 Å². The molecule has 6 heteroatoms. The lowest BCUT2D eigenvalue weighted by molar-refractivity contribution is -0.128. The van der Waals surface area contributed by atoms with Gasteiger partial charge in [-0.2, -0.15) is 0 Å². The Morgan fingerprint density at radius 2 is 1.88 bits per heavy atom. The van der Waals surface area contributed by atoms with E-state index in [0.717, 1.165) is 25.7 Å². The highest BCUT2D eigenvalue weighted by atomic mass is 35.5. The van der Waals surface area contributed by atoms with Gasteiger partial charge in [0.15, 0.2) is 0 Å². The lowest BCUT2D eigenvalue weighted by atomic mass is 9.74. The van der Waals surface area contributed by atoms with Gasteiger partial charge in [-0.1, -0.05) is 42.7 Å². The standard InChI is InChI=1S/C19H31N3O.2ClH/c1-14-8-10-15(11-9-14)17(22(3)4)13-21-18(23)16-7-5-6-12-19(16,2)20;;/h8-11,16-17H,5-7,12-13,20H2,1-4H3,(H,21,23);2*1H. The number of halogens is 2. The van der Waals surface area contributed by atoms with E-state index in [1.54, 1.807) is 0 Å². The topological polar surface area (TPSA) is 58.4 Å². The van der Waals surface area contributed by atoms with Gasteiger partial charge < -0.3 is 16.0 Å². The number of benzene rings is 1. The van der Waals surface area contributed by atoms with Crippen LogP contribution in [0.3, 0.4) is 0 Å². The highest BCUT2D eigenvalue weighted by Crippen LogP contribution is 2.31. The summed E-state index contributed by atoms with van der Waals surface area (Å²) >= 11 is 0. The summed E-state index contributed by atoms with van der Waals surface area (Å²) in [6.45, 7) is 4.71. The Labute approximate surface area is 164 Å². The highest BCUT2D eigenvalue weighted by Gasteiger charge is 2.37. The number of aryl methyl sites for hydroxylation is 1. The number of carbonyl (C=O) groups excluding carboxylic acids is 1. The summed E-state index contributed by atoms with van der Waals surface area (Å²) in [7, 11) is 4.09. The molecule has 0 bridgehead atoms. The van der Waals surface area contributed by atoms with Crippen molar-refractivity contribution in [2.75, 3.05) is 20.6 Å². The van der Waals surface area contributed by atoms with E-state index in [4.69, 9.17) is 5.73 Å². The molecule has 25 heavy (non-hydrogen) atoms. The molecule has 0 heterocycles. The van der Waals surface area contributed by atoms with Crippen molar-refractivity contribution >= 4 is 30.7 Å². The van der Waals surface area contributed by atoms with Crippen molar-refractivity contribution in [2.45, 2.75) is 51.1 Å². The molecule has 1 aromatic rings. The van der Waals surface area contributed by atoms with Crippen LogP contribution in [0.4, 0.5) is 0 Å². The minimum atomic E-state index is -0.375. The van der Waals surface area contributed by atoms with Gasteiger partial charge >= 0.3 is 0 Å². The lowest BCUT2D eigenvalue weighted by Crippen LogP contribution is -2.53. The fourth-order valence-electron chi connectivity index (χ4n) is 3.50. The molecule has 0 saturated heterocycles. The van der Waals surface area contributed by atoms with Gasteiger partial charge in [-0.3, -0.25) is 4.79 Å². The molecule has 1 aliphatic carbocycles. The highest BCUT2D eigenvalue weighted by molar-refractivity contribution is 5.85. The zero-order chi connectivity index (χ0) is 17.0. The molecule has 0 spiro atoms. The van der Waals surface area contributed by atoms with Crippen molar-refractivity contribution < 1.29 is 4.79 Å². The molecule has 0 aromatic heterocycles. The van der Waals surface area contributed by atoms with Crippen LogP contribution in [0, 0.1) is 12.8 Å². The lowest BCUT2D eigenvalue weighted by Gasteiger charge is -2.37. The van der Waals surface area contributed by atoms with E-state index in [0.29, 0.717) is 6.54 Å². The Kier molecular flexibility index (Phi) is 10.0. The van der Waals surface area contributed by atoms with Crippen molar-refractivity contribution in [3.8, 4) is 0 Å². The molecule has 3 N–H and O–H groups in total. The third kappa shape index (κ3) is 6.45. The molecule has 0 aliphatic heterocycles. The van der Waals surface area contributed by atoms with E-state index in [-0.39, 0.29) is 48.2 Å². The first-order valence-electron chi connectivity index (χ1n) is 8.61. The summed E-state index contributed by atoms with van der Waals surface area (Å²) in [5.41, 5.74) is 8.44. The van der Waals surface area contributed by atoms with Crippen LogP contribution in [0.2, 0.25) is 0 Å². The molecule has 1 aromatic carbocycles. The maximum absolute atomic E-state index is 12.6. The summed E-state index contributed by atoms with van der Waals surface area (Å²) in [4.78, 5) is 14.8. The van der Waals surface area contributed by atoms with E-state index in [1.807, 2.05) is 21.0 Å². The Balaban J connectivity index is 0.00000288. The molecule has 2 rings (SSSR count). The quantitative estimate of drug-likeness (QED) is 0.810. The molecule has 4 nitrogen and oxygen atoms in total. The van der Waals surface area contributed by atoms with E-state index in [2.05, 4.69) is 41.4 Å². The number of likely N-dealkylation sites (N-methyl/N-ethyl adjacent to an activating group) is 1. The second-order valence-corrected chi connectivity index (χ2v) is 7.44. The monoisotopic (exact) mass is 389 g/mol. The summed E-state index contributed by atoms with van der Waals surface area (Å²) in [6.07, 6.45) is 4.05. The van der Waals surface area contributed by atoms with Gasteiger partial charge in [0.2, 0.25) is 5.91 Å². The largest absolute Gasteiger partial charge is 0.354 e. The Morgan fingerprint density at radius 3 is 2.40 bits per heavy atom. The van der Waals surface area contributed by atoms with Crippen molar-refractivity contribution in [3.05, 3.63) is 35.4 Å². The van der Waals surface area contributed by atoms with Crippen LogP contribution in [0.25, 0.3) is 0 Å². The number of nitrogens with two attached hydrogens (primary N) is 1. The molecular weight excluding hydrogens is 357 g/mol. The molecule has 1 saturated carbocycles. The minimum Gasteiger partial charge on any atom is -0.354 e. The maximum atomic E-state index is 12.6. The van der Waals surface area contributed by atoms with Gasteiger partial charge in [0, 0.05) is 12.1 Å². The summed E-state index contributed by atoms with van der Waals surface area (Å²) in [6, 6.07) is 8.68. The molecular formula is C19H33Cl2N3O. The van der Waals surface area contributed by atoms with Gasteiger partial charge in [-0.15, -0.1) is 24.8 Å². The molecule has 1 amide bonds. The van der Waals surface area contributed by atoms with Crippen LogP contribution in [-0.4, -0.2) is 37.0 Å². The van der Waals surface area contributed by atoms with E-state index in [1.165, 1.54) is 11.1 Å². The van der Waals surface area contributed by atoms with Gasteiger partial charge in [0.05, 0.1) is 12.0 Å². The van der Waals surface area contributed by atoms with E-state index >= 15 is 0 Å². The third-order valence-corrected chi connectivity index (χ3v) is 5.13. The van der Waals surface area contributed by atoms with E-state index < -0.39 is 0 Å². The zero-order valence-electron chi connectivity index (χ0n) is 15.7. The number of hydrogen-bond acceptors (Lipinski definition) is 3. The summed E-state index contributed by atoms with van der Waals surface area (Å²) in [5.74, 6) is 0.0331. The Hall–Kier alpha value is -0.810. The van der Waals surface area contributed by atoms with Gasteiger partial charge in [-0.25, -0.2) is 0 Å². The second-order valence-electron chi connectivity index (χ2n) is 7.44. The number of nitrogens with one attached hydrogen (secondary N) is 1. The van der Waals surface area contributed by atoms with Gasteiger partial charge in [0.25, 0.3) is 0 Å². The van der Waals surface area contributed by atoms with Gasteiger partial charge in [-0.05, 0) is 46.3 Å². The van der Waals surface area contributed by atoms with Gasteiger partial charge in [0.1, 0.15) is 0 Å². The first-order chi connectivity index (χ1) is 10.8. The number of hydrogen-bond donors (Lipinski definition) is 2. The van der Waals surface area contributed by atoms with Crippen molar-refractivity contribution in [2.24, 2.45) is 11.7 Å². The number of nitrogens with zero attached hydrogens (tertiary/aromatic N) is 1. The van der Waals surface area contributed by atoms with Crippen molar-refractivity contribution in [1.82, 2.24) is 10.2 Å². The van der Waals surface area contributed by atoms with Crippen LogP contribution < -0.4 is 11.1 Å². The molecule has 0 radical (unpaired) electrons. The number of carbonyl (C=O) groups is 1. The predicted octanol–water partition coefficient (Wildman–Crippen LogP) is 3.47. The first kappa shape index (κ1) is 24.2. The van der Waals surface area contributed by atoms with Crippen molar-refractivity contribution in [3.63, 3.8) is 0 Å². The van der Waals surface area contributed by atoms with Crippen LogP contribution in [0.1, 0.15) is 49.8 Å². The Morgan fingerprint density at radius 1 is 1.28 bits per heavy atom. The third-order valence-electron chi connectivity index (χ3n) is 5.13. The molecule has 144 valence electrons. The second kappa shape index (κ2) is 10.4. The SMILES string of the molecule is Cc1ccc(C(CNC(=O)C2CCCCC2(C)N)N(C)C)cc1.Cl.Cl. The normalized spacial score (nSPS) is 24.0. The summed E-state index contributed by atoms with van der Waals surface area (Å²) < 4.78 is 0. The minimum absolute atomic E-state index is 0. The molecule has 1 fully saturated rings. The Bertz CT molecular complexity index is 532. The smallest absolute Gasteiger partial charge is 0.225 e. The van der Waals surface area contributed by atoms with Crippen molar-refractivity contribution in [1.29, 1.82) is 0 Å². The molecule has 3 unspecified atom stereocenters. The van der Waals surface area contributed by atoms with Crippen LogP contribution in [-0.2, 0) is 4.79 Å². The summed E-state index contributed by atoms with van der Waals surface area (Å²) in [5, 5.41) is 3.14. The molecule has 3 atom stereocenters. The van der Waals surface area contributed by atoms with Crippen LogP contribution in [0.5, 0.6) is 0 Å².